The van der Waals surface area contributed by atoms with Crippen LogP contribution in [0, 0.1) is 31.6 Å². The SMILES string of the molecule is Cc1cc(C)cc(CC(NN)C2CC3CCC2C3)c1. The number of aryl methyl sites for hydroxylation is 2. The molecule has 1 aromatic carbocycles. The van der Waals surface area contributed by atoms with E-state index in [9.17, 15) is 0 Å². The van der Waals surface area contributed by atoms with E-state index in [4.69, 9.17) is 5.84 Å². The Morgan fingerprint density at radius 1 is 1.16 bits per heavy atom. The molecule has 2 aliphatic rings. The van der Waals surface area contributed by atoms with Crippen molar-refractivity contribution in [3.63, 3.8) is 0 Å². The Kier molecular flexibility index (Phi) is 3.64. The summed E-state index contributed by atoms with van der Waals surface area (Å²) in [5.74, 6) is 8.57. The van der Waals surface area contributed by atoms with E-state index < -0.39 is 0 Å². The van der Waals surface area contributed by atoms with Crippen LogP contribution in [0.5, 0.6) is 0 Å². The van der Waals surface area contributed by atoms with Crippen molar-refractivity contribution in [1.29, 1.82) is 0 Å². The van der Waals surface area contributed by atoms with Crippen LogP contribution in [-0.2, 0) is 6.42 Å². The number of hydrogen-bond acceptors (Lipinski definition) is 2. The number of fused-ring (bicyclic) bond motifs is 2. The molecular weight excluding hydrogens is 232 g/mol. The maximum Gasteiger partial charge on any atom is 0.0281 e. The van der Waals surface area contributed by atoms with Gasteiger partial charge in [0.15, 0.2) is 0 Å². The number of hydrazine groups is 1. The van der Waals surface area contributed by atoms with Crippen molar-refractivity contribution in [1.82, 2.24) is 5.43 Å². The summed E-state index contributed by atoms with van der Waals surface area (Å²) >= 11 is 0. The van der Waals surface area contributed by atoms with Gasteiger partial charge in [0.1, 0.15) is 0 Å². The second-order valence-corrected chi connectivity index (χ2v) is 6.81. The van der Waals surface area contributed by atoms with Gasteiger partial charge in [0.2, 0.25) is 0 Å². The van der Waals surface area contributed by atoms with Gasteiger partial charge in [-0.05, 0) is 62.8 Å². The van der Waals surface area contributed by atoms with Gasteiger partial charge in [-0.3, -0.25) is 11.3 Å². The van der Waals surface area contributed by atoms with Gasteiger partial charge in [0.05, 0.1) is 0 Å². The predicted octanol–water partition coefficient (Wildman–Crippen LogP) is 3.11. The zero-order valence-electron chi connectivity index (χ0n) is 12.2. The number of nitrogens with one attached hydrogen (secondary N) is 1. The maximum absolute atomic E-state index is 5.86. The van der Waals surface area contributed by atoms with Crippen LogP contribution in [0.25, 0.3) is 0 Å². The Morgan fingerprint density at radius 3 is 2.42 bits per heavy atom. The highest BCUT2D eigenvalue weighted by Gasteiger charge is 2.42. The fraction of sp³-hybridized carbons (Fsp3) is 0.647. The van der Waals surface area contributed by atoms with Crippen molar-refractivity contribution in [3.05, 3.63) is 34.9 Å². The molecule has 0 heterocycles. The topological polar surface area (TPSA) is 38.0 Å². The molecule has 4 unspecified atom stereocenters. The van der Waals surface area contributed by atoms with Crippen LogP contribution >= 0.6 is 0 Å². The van der Waals surface area contributed by atoms with Crippen LogP contribution in [-0.4, -0.2) is 6.04 Å². The molecule has 2 aliphatic carbocycles. The molecule has 0 radical (unpaired) electrons. The van der Waals surface area contributed by atoms with Crippen molar-refractivity contribution >= 4 is 0 Å². The van der Waals surface area contributed by atoms with Gasteiger partial charge in [-0.2, -0.15) is 0 Å². The molecule has 104 valence electrons. The van der Waals surface area contributed by atoms with Crippen LogP contribution < -0.4 is 11.3 Å². The lowest BCUT2D eigenvalue weighted by Gasteiger charge is -2.30. The third-order valence-electron chi connectivity index (χ3n) is 5.26. The molecule has 1 aromatic rings. The van der Waals surface area contributed by atoms with Gasteiger partial charge >= 0.3 is 0 Å². The summed E-state index contributed by atoms with van der Waals surface area (Å²) in [7, 11) is 0. The summed E-state index contributed by atoms with van der Waals surface area (Å²) in [6.45, 7) is 4.36. The molecule has 19 heavy (non-hydrogen) atoms. The fourth-order valence-electron chi connectivity index (χ4n) is 4.56. The fourth-order valence-corrected chi connectivity index (χ4v) is 4.56. The van der Waals surface area contributed by atoms with Gasteiger partial charge in [0, 0.05) is 6.04 Å². The zero-order valence-corrected chi connectivity index (χ0v) is 12.2. The molecule has 0 aliphatic heterocycles. The smallest absolute Gasteiger partial charge is 0.0281 e. The minimum absolute atomic E-state index is 0.455. The number of nitrogens with two attached hydrogens (primary N) is 1. The molecule has 2 heteroatoms. The Morgan fingerprint density at radius 2 is 1.89 bits per heavy atom. The molecule has 3 rings (SSSR count). The van der Waals surface area contributed by atoms with E-state index in [1.165, 1.54) is 42.4 Å². The first-order valence-electron chi connectivity index (χ1n) is 7.69. The number of rotatable bonds is 4. The lowest BCUT2D eigenvalue weighted by Crippen LogP contribution is -2.44. The second-order valence-electron chi connectivity index (χ2n) is 6.81. The first-order chi connectivity index (χ1) is 9.15. The molecule has 4 atom stereocenters. The summed E-state index contributed by atoms with van der Waals surface area (Å²) in [5, 5.41) is 0. The van der Waals surface area contributed by atoms with E-state index in [1.807, 2.05) is 0 Å². The highest BCUT2D eigenvalue weighted by atomic mass is 15.2. The van der Waals surface area contributed by atoms with Crippen LogP contribution in [0.3, 0.4) is 0 Å². The molecule has 0 spiro atoms. The Balaban J connectivity index is 1.72. The average Bonchev–Trinajstić information content (AvgIpc) is 2.96. The quantitative estimate of drug-likeness (QED) is 0.643. The van der Waals surface area contributed by atoms with Crippen molar-refractivity contribution in [2.45, 2.75) is 52.0 Å². The minimum atomic E-state index is 0.455. The maximum atomic E-state index is 5.86. The van der Waals surface area contributed by atoms with Crippen LogP contribution in [0.15, 0.2) is 18.2 Å². The molecule has 3 N–H and O–H groups in total. The summed E-state index contributed by atoms with van der Waals surface area (Å²) < 4.78 is 0. The first kappa shape index (κ1) is 13.1. The Bertz CT molecular complexity index is 434. The summed E-state index contributed by atoms with van der Waals surface area (Å²) in [5.41, 5.74) is 7.27. The molecular formula is C17H26N2. The third-order valence-corrected chi connectivity index (χ3v) is 5.26. The molecule has 2 saturated carbocycles. The summed E-state index contributed by atoms with van der Waals surface area (Å²) in [6, 6.07) is 7.32. The molecule has 2 nitrogen and oxygen atoms in total. The van der Waals surface area contributed by atoms with Gasteiger partial charge in [-0.1, -0.05) is 35.7 Å². The number of benzene rings is 1. The van der Waals surface area contributed by atoms with Crippen molar-refractivity contribution in [2.75, 3.05) is 0 Å². The molecule has 2 bridgehead atoms. The van der Waals surface area contributed by atoms with Crippen LogP contribution in [0.1, 0.15) is 42.4 Å². The predicted molar refractivity (Wildman–Crippen MR) is 79.7 cm³/mol. The van der Waals surface area contributed by atoms with E-state index in [0.717, 1.165) is 24.2 Å². The molecule has 2 fully saturated rings. The monoisotopic (exact) mass is 258 g/mol. The minimum Gasteiger partial charge on any atom is -0.271 e. The highest BCUT2D eigenvalue weighted by Crippen LogP contribution is 2.49. The summed E-state index contributed by atoms with van der Waals surface area (Å²) in [6.07, 6.45) is 6.81. The lowest BCUT2D eigenvalue weighted by atomic mass is 9.81. The lowest BCUT2D eigenvalue weighted by molar-refractivity contribution is 0.248. The van der Waals surface area contributed by atoms with Crippen molar-refractivity contribution in [3.8, 4) is 0 Å². The normalized spacial score (nSPS) is 30.8. The van der Waals surface area contributed by atoms with Gasteiger partial charge in [-0.15, -0.1) is 0 Å². The average molecular weight is 258 g/mol. The zero-order chi connectivity index (χ0) is 13.4. The highest BCUT2D eigenvalue weighted by molar-refractivity contribution is 5.29. The van der Waals surface area contributed by atoms with Gasteiger partial charge in [0.25, 0.3) is 0 Å². The third kappa shape index (κ3) is 2.70. The van der Waals surface area contributed by atoms with E-state index in [-0.39, 0.29) is 0 Å². The summed E-state index contributed by atoms with van der Waals surface area (Å²) in [4.78, 5) is 0. The molecule has 0 amide bonds. The van der Waals surface area contributed by atoms with E-state index in [1.54, 1.807) is 0 Å². The number of hydrogen-bond donors (Lipinski definition) is 2. The van der Waals surface area contributed by atoms with Crippen LogP contribution in [0.2, 0.25) is 0 Å². The molecule has 0 saturated heterocycles. The van der Waals surface area contributed by atoms with Gasteiger partial charge < -0.3 is 0 Å². The van der Waals surface area contributed by atoms with E-state index in [2.05, 4.69) is 37.5 Å². The van der Waals surface area contributed by atoms with E-state index >= 15 is 0 Å². The largest absolute Gasteiger partial charge is 0.271 e. The standard InChI is InChI=1S/C17H26N2/c1-11-5-12(2)7-14(6-11)10-17(19-18)16-9-13-3-4-15(16)8-13/h5-7,13,15-17,19H,3-4,8-10,18H2,1-2H3. The second kappa shape index (κ2) is 5.26. The Labute approximate surface area is 116 Å². The first-order valence-corrected chi connectivity index (χ1v) is 7.69. The molecule has 0 aromatic heterocycles. The van der Waals surface area contributed by atoms with E-state index in [0.29, 0.717) is 6.04 Å². The van der Waals surface area contributed by atoms with Crippen LogP contribution in [0.4, 0.5) is 0 Å². The Hall–Kier alpha value is -0.860. The van der Waals surface area contributed by atoms with Gasteiger partial charge in [-0.25, -0.2) is 0 Å². The van der Waals surface area contributed by atoms with Crippen molar-refractivity contribution < 1.29 is 0 Å². The van der Waals surface area contributed by atoms with Crippen molar-refractivity contribution in [2.24, 2.45) is 23.6 Å².